The Morgan fingerprint density at radius 3 is 2.86 bits per heavy atom. The number of hydrogen-bond donors (Lipinski definition) is 1. The number of amides is 1. The largest absolute Gasteiger partial charge is 0.497 e. The van der Waals surface area contributed by atoms with E-state index in [1.54, 1.807) is 19.4 Å². The monoisotopic (exact) mass is 286 g/mol. The molecular formula is C16H18N2O3. The minimum atomic E-state index is -0.0425. The summed E-state index contributed by atoms with van der Waals surface area (Å²) in [5, 5.41) is 2.75. The van der Waals surface area contributed by atoms with Crippen molar-refractivity contribution >= 4 is 5.91 Å². The number of benzene rings is 1. The van der Waals surface area contributed by atoms with E-state index in [1.165, 1.54) is 0 Å². The first-order valence-corrected chi connectivity index (χ1v) is 6.69. The van der Waals surface area contributed by atoms with Crippen LogP contribution in [0.25, 0.3) is 11.3 Å². The molecule has 1 amide bonds. The first kappa shape index (κ1) is 14.8. The molecular weight excluding hydrogens is 268 g/mol. The molecule has 0 spiro atoms. The van der Waals surface area contributed by atoms with Crippen LogP contribution < -0.4 is 10.1 Å². The zero-order chi connectivity index (χ0) is 15.1. The van der Waals surface area contributed by atoms with Crippen molar-refractivity contribution in [2.24, 2.45) is 0 Å². The highest BCUT2D eigenvalue weighted by Crippen LogP contribution is 2.21. The molecule has 1 aromatic carbocycles. The number of methoxy groups -OCH3 is 1. The Hall–Kier alpha value is -2.56. The summed E-state index contributed by atoms with van der Waals surface area (Å²) in [5.74, 6) is 1.23. The number of rotatable bonds is 7. The van der Waals surface area contributed by atoms with Gasteiger partial charge in [-0.3, -0.25) is 4.79 Å². The molecule has 0 saturated carbocycles. The van der Waals surface area contributed by atoms with Gasteiger partial charge in [0.2, 0.25) is 11.8 Å². The summed E-state index contributed by atoms with van der Waals surface area (Å²) in [5.41, 5.74) is 1.66. The number of nitrogens with one attached hydrogen (secondary N) is 1. The maximum absolute atomic E-state index is 11.5. The number of oxazole rings is 1. The van der Waals surface area contributed by atoms with Gasteiger partial charge in [0.15, 0.2) is 0 Å². The van der Waals surface area contributed by atoms with Crippen LogP contribution in [0.2, 0.25) is 0 Å². The average Bonchev–Trinajstić information content (AvgIpc) is 3.00. The molecule has 1 N–H and O–H groups in total. The number of carbonyl (C=O) groups is 1. The molecule has 21 heavy (non-hydrogen) atoms. The second-order valence-electron chi connectivity index (χ2n) is 4.46. The van der Waals surface area contributed by atoms with E-state index < -0.39 is 0 Å². The molecule has 110 valence electrons. The van der Waals surface area contributed by atoms with Gasteiger partial charge in [-0.2, -0.15) is 0 Å². The smallest absolute Gasteiger partial charge is 0.220 e. The van der Waals surface area contributed by atoms with Crippen LogP contribution in [0.3, 0.4) is 0 Å². The Morgan fingerprint density at radius 1 is 1.43 bits per heavy atom. The molecule has 1 heterocycles. The Labute approximate surface area is 123 Å². The van der Waals surface area contributed by atoms with Gasteiger partial charge >= 0.3 is 0 Å². The van der Waals surface area contributed by atoms with Crippen LogP contribution in [-0.4, -0.2) is 18.0 Å². The van der Waals surface area contributed by atoms with E-state index in [1.807, 2.05) is 24.3 Å². The van der Waals surface area contributed by atoms with Crippen molar-refractivity contribution in [3.8, 4) is 17.0 Å². The molecule has 2 aromatic rings. The lowest BCUT2D eigenvalue weighted by Gasteiger charge is -2.01. The fraction of sp³-hybridized carbons (Fsp3) is 0.250. The third-order valence-electron chi connectivity index (χ3n) is 2.95. The van der Waals surface area contributed by atoms with Gasteiger partial charge in [-0.25, -0.2) is 4.98 Å². The maximum atomic E-state index is 11.5. The van der Waals surface area contributed by atoms with Gasteiger partial charge in [0.05, 0.1) is 13.7 Å². The van der Waals surface area contributed by atoms with Crippen molar-refractivity contribution in [3.05, 3.63) is 49.1 Å². The summed E-state index contributed by atoms with van der Waals surface area (Å²) in [6.07, 6.45) is 4.38. The molecule has 0 fully saturated rings. The standard InChI is InChI=1S/C16H18N2O3/c1-3-4-5-15(19)17-10-16-18-14(11-21-16)12-6-8-13(20-2)9-7-12/h3,6-9,11H,1,4-5,10H2,2H3,(H,17,19). The van der Waals surface area contributed by atoms with Crippen LogP contribution >= 0.6 is 0 Å². The number of carbonyl (C=O) groups excluding carboxylic acids is 1. The van der Waals surface area contributed by atoms with Crippen molar-refractivity contribution in [1.82, 2.24) is 10.3 Å². The summed E-state index contributed by atoms with van der Waals surface area (Å²) in [6.45, 7) is 3.86. The maximum Gasteiger partial charge on any atom is 0.220 e. The van der Waals surface area contributed by atoms with Gasteiger partial charge in [-0.05, 0) is 30.7 Å². The number of aromatic nitrogens is 1. The van der Waals surface area contributed by atoms with E-state index in [-0.39, 0.29) is 12.5 Å². The number of ether oxygens (including phenoxy) is 1. The van der Waals surface area contributed by atoms with E-state index in [4.69, 9.17) is 9.15 Å². The molecule has 2 rings (SSSR count). The van der Waals surface area contributed by atoms with Gasteiger partial charge in [-0.1, -0.05) is 6.08 Å². The summed E-state index contributed by atoms with van der Waals surface area (Å²) in [7, 11) is 1.62. The van der Waals surface area contributed by atoms with E-state index >= 15 is 0 Å². The predicted molar refractivity (Wildman–Crippen MR) is 79.8 cm³/mol. The van der Waals surface area contributed by atoms with E-state index in [0.717, 1.165) is 17.0 Å². The van der Waals surface area contributed by atoms with Gasteiger partial charge in [0.25, 0.3) is 0 Å². The molecule has 0 unspecified atom stereocenters. The highest BCUT2D eigenvalue weighted by molar-refractivity contribution is 5.75. The molecule has 0 radical (unpaired) electrons. The van der Waals surface area contributed by atoms with Crippen LogP contribution in [0.4, 0.5) is 0 Å². The molecule has 0 aliphatic heterocycles. The van der Waals surface area contributed by atoms with Gasteiger partial charge in [0, 0.05) is 12.0 Å². The Morgan fingerprint density at radius 2 is 2.19 bits per heavy atom. The summed E-state index contributed by atoms with van der Waals surface area (Å²) in [6, 6.07) is 7.54. The summed E-state index contributed by atoms with van der Waals surface area (Å²) < 4.78 is 10.5. The number of nitrogens with zero attached hydrogens (tertiary/aromatic N) is 1. The Kier molecular flexibility index (Phi) is 5.15. The van der Waals surface area contributed by atoms with Crippen molar-refractivity contribution in [1.29, 1.82) is 0 Å². The first-order valence-electron chi connectivity index (χ1n) is 6.69. The van der Waals surface area contributed by atoms with Crippen molar-refractivity contribution in [2.45, 2.75) is 19.4 Å². The van der Waals surface area contributed by atoms with Crippen LogP contribution in [-0.2, 0) is 11.3 Å². The van der Waals surface area contributed by atoms with Gasteiger partial charge < -0.3 is 14.5 Å². The van der Waals surface area contributed by atoms with Crippen LogP contribution in [0.15, 0.2) is 47.6 Å². The minimum Gasteiger partial charge on any atom is -0.497 e. The topological polar surface area (TPSA) is 64.4 Å². The minimum absolute atomic E-state index is 0.0425. The zero-order valence-electron chi connectivity index (χ0n) is 12.0. The number of allylic oxidation sites excluding steroid dienone is 1. The highest BCUT2D eigenvalue weighted by atomic mass is 16.5. The Bertz CT molecular complexity index is 602. The van der Waals surface area contributed by atoms with Crippen LogP contribution in [0, 0.1) is 0 Å². The highest BCUT2D eigenvalue weighted by Gasteiger charge is 2.08. The third kappa shape index (κ3) is 4.21. The summed E-state index contributed by atoms with van der Waals surface area (Å²) in [4.78, 5) is 15.8. The van der Waals surface area contributed by atoms with Crippen molar-refractivity contribution in [2.75, 3.05) is 7.11 Å². The zero-order valence-corrected chi connectivity index (χ0v) is 12.0. The van der Waals surface area contributed by atoms with Gasteiger partial charge in [0.1, 0.15) is 17.7 Å². The molecule has 0 aliphatic rings. The lowest BCUT2D eigenvalue weighted by molar-refractivity contribution is -0.121. The van der Waals surface area contributed by atoms with E-state index in [2.05, 4.69) is 16.9 Å². The molecule has 0 atom stereocenters. The molecule has 0 saturated heterocycles. The fourth-order valence-electron chi connectivity index (χ4n) is 1.78. The lowest BCUT2D eigenvalue weighted by atomic mass is 10.2. The van der Waals surface area contributed by atoms with Crippen LogP contribution in [0.5, 0.6) is 5.75 Å². The van der Waals surface area contributed by atoms with Crippen LogP contribution in [0.1, 0.15) is 18.7 Å². The molecule has 1 aromatic heterocycles. The molecule has 0 aliphatic carbocycles. The molecule has 0 bridgehead atoms. The average molecular weight is 286 g/mol. The predicted octanol–water partition coefficient (Wildman–Crippen LogP) is 2.93. The first-order chi connectivity index (χ1) is 10.2. The van der Waals surface area contributed by atoms with Crippen molar-refractivity contribution < 1.29 is 13.9 Å². The second kappa shape index (κ2) is 7.28. The van der Waals surface area contributed by atoms with E-state index in [9.17, 15) is 4.79 Å². The normalized spacial score (nSPS) is 10.1. The quantitative estimate of drug-likeness (QED) is 0.795. The lowest BCUT2D eigenvalue weighted by Crippen LogP contribution is -2.22. The number of hydrogen-bond acceptors (Lipinski definition) is 4. The van der Waals surface area contributed by atoms with E-state index in [0.29, 0.717) is 18.7 Å². The molecule has 5 nitrogen and oxygen atoms in total. The Balaban J connectivity index is 1.94. The summed E-state index contributed by atoms with van der Waals surface area (Å²) >= 11 is 0. The second-order valence-corrected chi connectivity index (χ2v) is 4.46. The third-order valence-corrected chi connectivity index (χ3v) is 2.95. The molecule has 5 heteroatoms. The van der Waals surface area contributed by atoms with Crippen molar-refractivity contribution in [3.63, 3.8) is 0 Å². The SMILES string of the molecule is C=CCCC(=O)NCc1nc(-c2ccc(OC)cc2)co1. The fourth-order valence-corrected chi connectivity index (χ4v) is 1.78. The van der Waals surface area contributed by atoms with Gasteiger partial charge in [-0.15, -0.1) is 6.58 Å².